The van der Waals surface area contributed by atoms with Crippen LogP contribution in [0.25, 0.3) is 0 Å². The van der Waals surface area contributed by atoms with E-state index in [1.54, 1.807) is 0 Å². The monoisotopic (exact) mass is 404 g/mol. The predicted octanol–water partition coefficient (Wildman–Crippen LogP) is -1.27. The number of aliphatic hydroxyl groups excluding tert-OH is 4. The molecule has 0 amide bonds. The molecule has 4 atom stereocenters. The molecule has 1 aliphatic rings. The van der Waals surface area contributed by atoms with Crippen LogP contribution in [0.4, 0.5) is 0 Å². The molecule has 0 radical (unpaired) electrons. The minimum absolute atomic E-state index is 0.384. The van der Waals surface area contributed by atoms with Crippen molar-refractivity contribution >= 4 is 0 Å². The molecule has 0 aliphatic carbocycles. The Hall–Kier alpha value is -0.320. The third-order valence-electron chi connectivity index (χ3n) is 5.02. The van der Waals surface area contributed by atoms with Gasteiger partial charge >= 0.3 is 0 Å². The summed E-state index contributed by atoms with van der Waals surface area (Å²) < 4.78 is 0. The summed E-state index contributed by atoms with van der Waals surface area (Å²) in [4.78, 5) is 9.07. The molecule has 0 aromatic carbocycles. The molecule has 1 saturated heterocycles. The summed E-state index contributed by atoms with van der Waals surface area (Å²) >= 11 is 0. The van der Waals surface area contributed by atoms with Gasteiger partial charge in [-0.1, -0.05) is 0 Å². The van der Waals surface area contributed by atoms with Crippen molar-refractivity contribution in [2.45, 2.75) is 52.1 Å². The van der Waals surface area contributed by atoms with Gasteiger partial charge in [-0.15, -0.1) is 0 Å². The van der Waals surface area contributed by atoms with Gasteiger partial charge in [0.2, 0.25) is 0 Å². The van der Waals surface area contributed by atoms with Crippen LogP contribution in [0.5, 0.6) is 0 Å². The fourth-order valence-electron chi connectivity index (χ4n) is 3.80. The lowest BCUT2D eigenvalue weighted by Gasteiger charge is -2.35. The molecular weight excluding hydrogens is 360 g/mol. The van der Waals surface area contributed by atoms with E-state index in [0.717, 1.165) is 52.4 Å². The summed E-state index contributed by atoms with van der Waals surface area (Å²) in [5.41, 5.74) is 0. The van der Waals surface area contributed by atoms with Crippen LogP contribution in [0, 0.1) is 0 Å². The molecule has 0 saturated carbocycles. The molecule has 1 heterocycles. The average molecular weight is 405 g/mol. The van der Waals surface area contributed by atoms with Crippen molar-refractivity contribution < 1.29 is 20.4 Å². The van der Waals surface area contributed by atoms with Crippen molar-refractivity contribution in [3.63, 3.8) is 0 Å². The lowest BCUT2D eigenvalue weighted by atomic mass is 10.2. The Morgan fingerprint density at radius 1 is 0.429 bits per heavy atom. The Bertz CT molecular complexity index is 308. The van der Waals surface area contributed by atoms with Crippen LogP contribution in [-0.2, 0) is 0 Å². The Labute approximate surface area is 171 Å². The molecule has 1 fully saturated rings. The highest BCUT2D eigenvalue weighted by atomic mass is 16.3. The number of β-amino-alcohol motifs (C(OH)–C–C–N with tert-alkyl or cyclic N) is 4. The lowest BCUT2D eigenvalue weighted by Crippen LogP contribution is -2.49. The Balaban J connectivity index is 2.85. The van der Waals surface area contributed by atoms with Crippen LogP contribution in [-0.4, -0.2) is 143 Å². The normalized spacial score (nSPS) is 24.9. The van der Waals surface area contributed by atoms with Gasteiger partial charge < -0.3 is 20.4 Å². The first-order valence-corrected chi connectivity index (χ1v) is 10.8. The first kappa shape index (κ1) is 25.7. The van der Waals surface area contributed by atoms with Crippen molar-refractivity contribution in [2.75, 3.05) is 78.5 Å². The lowest BCUT2D eigenvalue weighted by molar-refractivity contribution is 0.0576. The number of nitrogens with zero attached hydrogens (tertiary/aromatic N) is 4. The van der Waals surface area contributed by atoms with Crippen LogP contribution in [0.15, 0.2) is 0 Å². The van der Waals surface area contributed by atoms with Gasteiger partial charge in [-0.25, -0.2) is 0 Å². The second kappa shape index (κ2) is 13.8. The second-order valence-electron chi connectivity index (χ2n) is 8.60. The van der Waals surface area contributed by atoms with Gasteiger partial charge in [0.1, 0.15) is 0 Å². The zero-order valence-corrected chi connectivity index (χ0v) is 18.4. The first-order valence-electron chi connectivity index (χ1n) is 10.8. The smallest absolute Gasteiger partial charge is 0.0639 e. The Morgan fingerprint density at radius 2 is 0.571 bits per heavy atom. The largest absolute Gasteiger partial charge is 0.392 e. The van der Waals surface area contributed by atoms with E-state index in [0.29, 0.717) is 26.2 Å². The van der Waals surface area contributed by atoms with E-state index in [4.69, 9.17) is 0 Å². The van der Waals surface area contributed by atoms with E-state index in [1.165, 1.54) is 0 Å². The van der Waals surface area contributed by atoms with Gasteiger partial charge in [0.25, 0.3) is 0 Å². The van der Waals surface area contributed by atoms with Gasteiger partial charge in [-0.3, -0.25) is 19.6 Å². The summed E-state index contributed by atoms with van der Waals surface area (Å²) in [5.74, 6) is 0. The van der Waals surface area contributed by atoms with Gasteiger partial charge in [0.15, 0.2) is 0 Å². The molecule has 0 aromatic heterocycles. The summed E-state index contributed by atoms with van der Waals surface area (Å²) in [5, 5.41) is 39.4. The van der Waals surface area contributed by atoms with E-state index < -0.39 is 0 Å². The quantitative estimate of drug-likeness (QED) is 0.398. The van der Waals surface area contributed by atoms with Crippen LogP contribution >= 0.6 is 0 Å². The van der Waals surface area contributed by atoms with Crippen LogP contribution in [0.1, 0.15) is 27.7 Å². The number of aliphatic hydroxyl groups is 4. The molecule has 8 heteroatoms. The fraction of sp³-hybridized carbons (Fsp3) is 1.00. The summed E-state index contributed by atoms with van der Waals surface area (Å²) in [6.07, 6.45) is -1.54. The standard InChI is InChI=1S/C20H44N4O4/c1-17(25)13-21-5-7-22(14-18(2)26)9-11-24(16-20(4)28)12-10-23(8-6-21)15-19(3)27/h17-20,25-28H,5-16H2,1-4H3/t17-,18-,19-,20+/m0/s1. The van der Waals surface area contributed by atoms with Crippen LogP contribution in [0.2, 0.25) is 0 Å². The molecule has 0 aromatic rings. The third-order valence-corrected chi connectivity index (χ3v) is 5.02. The topological polar surface area (TPSA) is 93.9 Å². The highest BCUT2D eigenvalue weighted by molar-refractivity contribution is 4.75. The second-order valence-corrected chi connectivity index (χ2v) is 8.60. The summed E-state index contributed by atoms with van der Waals surface area (Å²) in [6.45, 7) is 16.4. The van der Waals surface area contributed by atoms with Gasteiger partial charge in [0, 0.05) is 78.5 Å². The minimum atomic E-state index is -0.384. The zero-order valence-electron chi connectivity index (χ0n) is 18.4. The molecule has 1 rings (SSSR count). The molecule has 168 valence electrons. The van der Waals surface area contributed by atoms with Gasteiger partial charge in [-0.05, 0) is 27.7 Å². The molecule has 8 nitrogen and oxygen atoms in total. The first-order chi connectivity index (χ1) is 13.2. The maximum atomic E-state index is 9.86. The van der Waals surface area contributed by atoms with Gasteiger partial charge in [0.05, 0.1) is 24.4 Å². The van der Waals surface area contributed by atoms with Crippen molar-refractivity contribution in [3.05, 3.63) is 0 Å². The zero-order chi connectivity index (χ0) is 21.1. The Morgan fingerprint density at radius 3 is 0.679 bits per heavy atom. The molecule has 0 bridgehead atoms. The van der Waals surface area contributed by atoms with E-state index in [-0.39, 0.29) is 24.4 Å². The third kappa shape index (κ3) is 12.3. The van der Waals surface area contributed by atoms with Crippen molar-refractivity contribution in [1.29, 1.82) is 0 Å². The van der Waals surface area contributed by atoms with Crippen molar-refractivity contribution in [2.24, 2.45) is 0 Å². The fourth-order valence-corrected chi connectivity index (χ4v) is 3.80. The number of hydrogen-bond donors (Lipinski definition) is 4. The molecular formula is C20H44N4O4. The molecule has 0 spiro atoms. The highest BCUT2D eigenvalue weighted by Gasteiger charge is 2.19. The van der Waals surface area contributed by atoms with Gasteiger partial charge in [-0.2, -0.15) is 0 Å². The van der Waals surface area contributed by atoms with E-state index in [9.17, 15) is 20.4 Å². The summed E-state index contributed by atoms with van der Waals surface area (Å²) in [6, 6.07) is 0. The number of hydrogen-bond acceptors (Lipinski definition) is 8. The molecule has 4 N–H and O–H groups in total. The Kier molecular flexibility index (Phi) is 12.7. The van der Waals surface area contributed by atoms with E-state index >= 15 is 0 Å². The predicted molar refractivity (Wildman–Crippen MR) is 112 cm³/mol. The van der Waals surface area contributed by atoms with E-state index in [2.05, 4.69) is 19.6 Å². The maximum absolute atomic E-state index is 9.86. The SMILES string of the molecule is C[C@H](O)CN1CCN(C[C@H](C)O)CCN(C[C@@H](C)O)CCN(C[C@H](C)O)CC1. The minimum Gasteiger partial charge on any atom is -0.392 e. The highest BCUT2D eigenvalue weighted by Crippen LogP contribution is 2.04. The average Bonchev–Trinajstić information content (AvgIpc) is 2.55. The molecule has 28 heavy (non-hydrogen) atoms. The van der Waals surface area contributed by atoms with Crippen molar-refractivity contribution in [3.8, 4) is 0 Å². The summed E-state index contributed by atoms with van der Waals surface area (Å²) in [7, 11) is 0. The van der Waals surface area contributed by atoms with Crippen LogP contribution in [0.3, 0.4) is 0 Å². The number of rotatable bonds is 8. The molecule has 1 aliphatic heterocycles. The van der Waals surface area contributed by atoms with Crippen LogP contribution < -0.4 is 0 Å². The van der Waals surface area contributed by atoms with E-state index in [1.807, 2.05) is 27.7 Å². The maximum Gasteiger partial charge on any atom is 0.0639 e. The van der Waals surface area contributed by atoms with Crippen molar-refractivity contribution in [1.82, 2.24) is 19.6 Å². The molecule has 0 unspecified atom stereocenters.